The number of imidazole rings is 1. The van der Waals surface area contributed by atoms with E-state index >= 15 is 0 Å². The van der Waals surface area contributed by atoms with Gasteiger partial charge in [0.05, 0.1) is 17.5 Å². The van der Waals surface area contributed by atoms with E-state index in [1.807, 2.05) is 26.8 Å². The Labute approximate surface area is 148 Å². The fourth-order valence-corrected chi connectivity index (χ4v) is 2.95. The van der Waals surface area contributed by atoms with E-state index in [9.17, 15) is 9.59 Å². The summed E-state index contributed by atoms with van der Waals surface area (Å²) in [6.07, 6.45) is 1.39. The minimum atomic E-state index is -0.894. The number of carbonyl (C=O) groups excluding carboxylic acids is 1. The molecule has 0 aliphatic carbocycles. The van der Waals surface area contributed by atoms with Crippen LogP contribution in [0.3, 0.4) is 0 Å². The number of aromatic nitrogens is 2. The Morgan fingerprint density at radius 1 is 1.24 bits per heavy atom. The number of nitrogens with zero attached hydrogens (tertiary/aromatic N) is 1. The summed E-state index contributed by atoms with van der Waals surface area (Å²) in [7, 11) is 0. The lowest BCUT2D eigenvalue weighted by molar-refractivity contribution is -0.137. The first-order chi connectivity index (χ1) is 11.7. The summed E-state index contributed by atoms with van der Waals surface area (Å²) in [6.45, 7) is 8.13. The summed E-state index contributed by atoms with van der Waals surface area (Å²) >= 11 is 0. The molecule has 2 rings (SSSR count). The van der Waals surface area contributed by atoms with Crippen LogP contribution in [0.2, 0.25) is 0 Å². The van der Waals surface area contributed by atoms with Gasteiger partial charge in [-0.3, -0.25) is 9.59 Å². The standard InChI is InChI=1S/C19H27N3O3/c1-11(2)7-14(10-19(24)25)20-18(23)6-5-17-21-15-8-12(3)13(4)9-16(15)22-17/h8-9,11,14H,5-7,10H2,1-4H3,(H,20,23)(H,21,22)(H,24,25). The molecule has 0 spiro atoms. The van der Waals surface area contributed by atoms with Gasteiger partial charge < -0.3 is 15.4 Å². The van der Waals surface area contributed by atoms with Gasteiger partial charge in [-0.1, -0.05) is 13.8 Å². The molecule has 0 aliphatic heterocycles. The van der Waals surface area contributed by atoms with Crippen LogP contribution >= 0.6 is 0 Å². The molecule has 0 saturated carbocycles. The smallest absolute Gasteiger partial charge is 0.305 e. The summed E-state index contributed by atoms with van der Waals surface area (Å²) in [5, 5.41) is 11.8. The maximum atomic E-state index is 12.2. The van der Waals surface area contributed by atoms with Crippen molar-refractivity contribution in [2.24, 2.45) is 5.92 Å². The van der Waals surface area contributed by atoms with Crippen molar-refractivity contribution in [2.75, 3.05) is 0 Å². The van der Waals surface area contributed by atoms with Crippen molar-refractivity contribution in [3.63, 3.8) is 0 Å². The van der Waals surface area contributed by atoms with Crippen LogP contribution in [0, 0.1) is 19.8 Å². The molecule has 1 atom stereocenters. The second kappa shape index (κ2) is 8.14. The lowest BCUT2D eigenvalue weighted by atomic mass is 10.0. The fourth-order valence-electron chi connectivity index (χ4n) is 2.95. The highest BCUT2D eigenvalue weighted by atomic mass is 16.4. The molecule has 1 heterocycles. The maximum absolute atomic E-state index is 12.2. The molecule has 2 aromatic rings. The van der Waals surface area contributed by atoms with Gasteiger partial charge in [0, 0.05) is 18.9 Å². The molecule has 1 aromatic carbocycles. The van der Waals surface area contributed by atoms with Gasteiger partial charge in [-0.05, 0) is 49.4 Å². The molecule has 1 unspecified atom stereocenters. The molecular formula is C19H27N3O3. The average molecular weight is 345 g/mol. The monoisotopic (exact) mass is 345 g/mol. The third-order valence-electron chi connectivity index (χ3n) is 4.28. The van der Waals surface area contributed by atoms with Gasteiger partial charge in [0.1, 0.15) is 5.82 Å². The maximum Gasteiger partial charge on any atom is 0.305 e. The Morgan fingerprint density at radius 2 is 1.92 bits per heavy atom. The second-order valence-electron chi connectivity index (χ2n) is 7.13. The summed E-state index contributed by atoms with van der Waals surface area (Å²) in [6, 6.07) is 3.77. The van der Waals surface area contributed by atoms with Crippen molar-refractivity contribution in [1.29, 1.82) is 0 Å². The number of fused-ring (bicyclic) bond motifs is 1. The van der Waals surface area contributed by atoms with Gasteiger partial charge in [-0.2, -0.15) is 0 Å². The highest BCUT2D eigenvalue weighted by Crippen LogP contribution is 2.18. The van der Waals surface area contributed by atoms with Gasteiger partial charge in [0.15, 0.2) is 0 Å². The first kappa shape index (κ1) is 19.0. The number of H-pyrrole nitrogens is 1. The van der Waals surface area contributed by atoms with Crippen LogP contribution in [-0.4, -0.2) is 33.0 Å². The summed E-state index contributed by atoms with van der Waals surface area (Å²) in [4.78, 5) is 30.9. The van der Waals surface area contributed by atoms with E-state index in [1.54, 1.807) is 0 Å². The minimum Gasteiger partial charge on any atom is -0.481 e. The molecule has 3 N–H and O–H groups in total. The second-order valence-corrected chi connectivity index (χ2v) is 7.13. The van der Waals surface area contributed by atoms with Crippen LogP contribution in [0.5, 0.6) is 0 Å². The molecule has 6 nitrogen and oxygen atoms in total. The topological polar surface area (TPSA) is 95.1 Å². The van der Waals surface area contributed by atoms with Crippen LogP contribution in [0.1, 0.15) is 50.1 Å². The number of amides is 1. The third kappa shape index (κ3) is 5.59. The molecule has 0 fully saturated rings. The van der Waals surface area contributed by atoms with E-state index in [0.717, 1.165) is 16.9 Å². The van der Waals surface area contributed by atoms with E-state index in [4.69, 9.17) is 5.11 Å². The SMILES string of the molecule is Cc1cc2nc(CCC(=O)NC(CC(=O)O)CC(C)C)[nH]c2cc1C. The molecule has 0 bridgehead atoms. The number of nitrogens with one attached hydrogen (secondary N) is 2. The molecule has 1 aromatic heterocycles. The molecule has 6 heteroatoms. The molecule has 136 valence electrons. The quantitative estimate of drug-likeness (QED) is 0.685. The van der Waals surface area contributed by atoms with Crippen LogP contribution in [0.4, 0.5) is 0 Å². The number of rotatable bonds is 8. The first-order valence-corrected chi connectivity index (χ1v) is 8.71. The zero-order valence-corrected chi connectivity index (χ0v) is 15.3. The highest BCUT2D eigenvalue weighted by molar-refractivity contribution is 5.79. The summed E-state index contributed by atoms with van der Waals surface area (Å²) in [5.74, 6) is 0.0639. The number of aryl methyl sites for hydroxylation is 3. The lowest BCUT2D eigenvalue weighted by Gasteiger charge is -2.18. The van der Waals surface area contributed by atoms with Gasteiger partial charge in [0.2, 0.25) is 5.91 Å². The predicted molar refractivity (Wildman–Crippen MR) is 97.5 cm³/mol. The number of aliphatic carboxylic acids is 1. The van der Waals surface area contributed by atoms with Crippen LogP contribution in [0.25, 0.3) is 11.0 Å². The summed E-state index contributed by atoms with van der Waals surface area (Å²) < 4.78 is 0. The van der Waals surface area contributed by atoms with Crippen LogP contribution < -0.4 is 5.32 Å². The van der Waals surface area contributed by atoms with Crippen molar-refractivity contribution in [3.8, 4) is 0 Å². The van der Waals surface area contributed by atoms with Gasteiger partial charge in [-0.15, -0.1) is 0 Å². The zero-order valence-electron chi connectivity index (χ0n) is 15.3. The Hall–Kier alpha value is -2.37. The van der Waals surface area contributed by atoms with Crippen LogP contribution in [-0.2, 0) is 16.0 Å². The number of carboxylic acids is 1. The summed E-state index contributed by atoms with van der Waals surface area (Å²) in [5.41, 5.74) is 4.27. The average Bonchev–Trinajstić information content (AvgIpc) is 2.86. The van der Waals surface area contributed by atoms with E-state index in [-0.39, 0.29) is 24.8 Å². The van der Waals surface area contributed by atoms with Crippen molar-refractivity contribution < 1.29 is 14.7 Å². The molecule has 0 aliphatic rings. The largest absolute Gasteiger partial charge is 0.481 e. The number of aromatic amines is 1. The van der Waals surface area contributed by atoms with Crippen molar-refractivity contribution >= 4 is 22.9 Å². The van der Waals surface area contributed by atoms with E-state index in [0.29, 0.717) is 18.8 Å². The first-order valence-electron chi connectivity index (χ1n) is 8.71. The lowest BCUT2D eigenvalue weighted by Crippen LogP contribution is -2.37. The Bertz CT molecular complexity index is 726. The van der Waals surface area contributed by atoms with Gasteiger partial charge >= 0.3 is 5.97 Å². The van der Waals surface area contributed by atoms with Crippen molar-refractivity contribution in [3.05, 3.63) is 29.1 Å². The predicted octanol–water partition coefficient (Wildman–Crippen LogP) is 3.12. The Morgan fingerprint density at radius 3 is 2.56 bits per heavy atom. The molecule has 1 amide bonds. The minimum absolute atomic E-state index is 0.0485. The molecular weight excluding hydrogens is 318 g/mol. The van der Waals surface area contributed by atoms with E-state index < -0.39 is 5.97 Å². The van der Waals surface area contributed by atoms with E-state index in [1.165, 1.54) is 11.1 Å². The fraction of sp³-hybridized carbons (Fsp3) is 0.526. The number of hydrogen-bond acceptors (Lipinski definition) is 3. The van der Waals surface area contributed by atoms with Crippen molar-refractivity contribution in [1.82, 2.24) is 15.3 Å². The normalized spacial score (nSPS) is 12.5. The Balaban J connectivity index is 1.95. The molecule has 0 saturated heterocycles. The number of hydrogen-bond donors (Lipinski definition) is 3. The third-order valence-corrected chi connectivity index (χ3v) is 4.28. The molecule has 0 radical (unpaired) electrons. The van der Waals surface area contributed by atoms with Crippen molar-refractivity contribution in [2.45, 2.75) is 59.4 Å². The molecule has 25 heavy (non-hydrogen) atoms. The highest BCUT2D eigenvalue weighted by Gasteiger charge is 2.17. The number of benzene rings is 1. The van der Waals surface area contributed by atoms with Gasteiger partial charge in [-0.25, -0.2) is 4.98 Å². The van der Waals surface area contributed by atoms with Crippen LogP contribution in [0.15, 0.2) is 12.1 Å². The number of carboxylic acid groups (broad SMARTS) is 1. The number of carbonyl (C=O) groups is 2. The Kier molecular flexibility index (Phi) is 6.17. The zero-order chi connectivity index (χ0) is 18.6. The van der Waals surface area contributed by atoms with Gasteiger partial charge in [0.25, 0.3) is 0 Å². The van der Waals surface area contributed by atoms with E-state index in [2.05, 4.69) is 28.3 Å².